The number of hydrogen-bond donors (Lipinski definition) is 1. The molecule has 0 unspecified atom stereocenters. The Kier molecular flexibility index (Phi) is 3.53. The van der Waals surface area contributed by atoms with Gasteiger partial charge >= 0.3 is 0 Å². The normalized spacial score (nSPS) is 11.2. The van der Waals surface area contributed by atoms with Crippen molar-refractivity contribution in [3.63, 3.8) is 0 Å². The molecule has 124 valence electrons. The van der Waals surface area contributed by atoms with E-state index < -0.39 is 0 Å². The van der Waals surface area contributed by atoms with Crippen LogP contribution >= 0.6 is 0 Å². The van der Waals surface area contributed by atoms with Gasteiger partial charge in [-0.15, -0.1) is 0 Å². The number of methoxy groups -OCH3 is 1. The Bertz CT molecular complexity index is 1110. The Hall–Kier alpha value is -3.14. The summed E-state index contributed by atoms with van der Waals surface area (Å²) in [6, 6.07) is 14.1. The van der Waals surface area contributed by atoms with E-state index in [9.17, 15) is 4.79 Å². The van der Waals surface area contributed by atoms with Crippen molar-refractivity contribution in [3.8, 4) is 16.9 Å². The molecule has 1 N–H and O–H groups in total. The maximum Gasteiger partial charge on any atom is 0.165 e. The molecular formula is C21H18N2O2. The summed E-state index contributed by atoms with van der Waals surface area (Å²) in [5.41, 5.74) is 5.17. The maximum atomic E-state index is 12.5. The summed E-state index contributed by atoms with van der Waals surface area (Å²) in [6.07, 6.45) is 1.80. The number of ketones is 1. The van der Waals surface area contributed by atoms with E-state index in [1.54, 1.807) is 20.2 Å². The van der Waals surface area contributed by atoms with Gasteiger partial charge in [0.1, 0.15) is 5.75 Å². The second kappa shape index (κ2) is 5.74. The molecule has 2 aromatic heterocycles. The summed E-state index contributed by atoms with van der Waals surface area (Å²) in [7, 11) is 1.61. The number of pyridine rings is 1. The highest BCUT2D eigenvalue weighted by molar-refractivity contribution is 6.18. The molecule has 0 saturated carbocycles. The molecule has 0 atom stereocenters. The van der Waals surface area contributed by atoms with Crippen LogP contribution in [0.15, 0.2) is 48.7 Å². The number of ether oxygens (including phenoxy) is 1. The Morgan fingerprint density at radius 2 is 1.84 bits per heavy atom. The van der Waals surface area contributed by atoms with Crippen LogP contribution in [0, 0.1) is 6.92 Å². The number of nitrogens with one attached hydrogen (secondary N) is 1. The third-order valence-electron chi connectivity index (χ3n) is 4.60. The summed E-state index contributed by atoms with van der Waals surface area (Å²) >= 11 is 0. The zero-order valence-electron chi connectivity index (χ0n) is 14.4. The first-order valence-corrected chi connectivity index (χ1v) is 8.16. The van der Waals surface area contributed by atoms with Gasteiger partial charge in [-0.25, -0.2) is 0 Å². The average molecular weight is 330 g/mol. The number of Topliss-reactive ketones (excluding diaryl/α,β-unsaturated/α-hetero) is 1. The lowest BCUT2D eigenvalue weighted by molar-refractivity contribution is 0.101. The minimum Gasteiger partial charge on any atom is -0.495 e. The van der Waals surface area contributed by atoms with E-state index in [1.165, 1.54) is 0 Å². The molecule has 4 nitrogen and oxygen atoms in total. The van der Waals surface area contributed by atoms with Crippen LogP contribution in [0.2, 0.25) is 0 Å². The van der Waals surface area contributed by atoms with Crippen molar-refractivity contribution in [1.82, 2.24) is 9.97 Å². The molecule has 2 heterocycles. The monoisotopic (exact) mass is 330 g/mol. The Morgan fingerprint density at radius 1 is 1.08 bits per heavy atom. The van der Waals surface area contributed by atoms with Crippen molar-refractivity contribution in [2.24, 2.45) is 0 Å². The highest BCUT2D eigenvalue weighted by atomic mass is 16.5. The third-order valence-corrected chi connectivity index (χ3v) is 4.60. The summed E-state index contributed by atoms with van der Waals surface area (Å²) in [5, 5.41) is 2.06. The van der Waals surface area contributed by atoms with Crippen molar-refractivity contribution in [3.05, 3.63) is 59.9 Å². The van der Waals surface area contributed by atoms with Crippen molar-refractivity contribution >= 4 is 27.6 Å². The number of nitrogens with zero attached hydrogens (tertiary/aromatic N) is 1. The number of aromatic amines is 1. The largest absolute Gasteiger partial charge is 0.495 e. The zero-order chi connectivity index (χ0) is 17.6. The fraction of sp³-hybridized carbons (Fsp3) is 0.143. The number of H-pyrrole nitrogens is 1. The van der Waals surface area contributed by atoms with Crippen molar-refractivity contribution in [2.75, 3.05) is 7.11 Å². The highest BCUT2D eigenvalue weighted by Crippen LogP contribution is 2.41. The first kappa shape index (κ1) is 15.4. The average Bonchev–Trinajstić information content (AvgIpc) is 3.00. The fourth-order valence-electron chi connectivity index (χ4n) is 3.46. The van der Waals surface area contributed by atoms with E-state index in [2.05, 4.69) is 16.0 Å². The standard InChI is InChI=1S/C21H18N2O2/c1-12-19-15(9-10-22-12)17-11-16(14-7-5-4-6-8-14)21(25-3)18(13(2)24)20(17)23-19/h4-11,23H,1-3H3. The van der Waals surface area contributed by atoms with Gasteiger partial charge in [0.15, 0.2) is 5.78 Å². The second-order valence-corrected chi connectivity index (χ2v) is 6.12. The minimum absolute atomic E-state index is 0.0307. The first-order chi connectivity index (χ1) is 12.1. The van der Waals surface area contributed by atoms with Crippen LogP contribution in [-0.4, -0.2) is 22.9 Å². The van der Waals surface area contributed by atoms with Crippen molar-refractivity contribution in [2.45, 2.75) is 13.8 Å². The van der Waals surface area contributed by atoms with E-state index in [-0.39, 0.29) is 5.78 Å². The smallest absolute Gasteiger partial charge is 0.165 e. The number of rotatable bonds is 3. The van der Waals surface area contributed by atoms with Gasteiger partial charge in [-0.3, -0.25) is 9.78 Å². The summed E-state index contributed by atoms with van der Waals surface area (Å²) < 4.78 is 5.67. The second-order valence-electron chi connectivity index (χ2n) is 6.12. The van der Waals surface area contributed by atoms with Crippen LogP contribution in [-0.2, 0) is 0 Å². The van der Waals surface area contributed by atoms with Gasteiger partial charge in [0, 0.05) is 22.5 Å². The van der Waals surface area contributed by atoms with Gasteiger partial charge in [0.2, 0.25) is 0 Å². The molecule has 0 amide bonds. The van der Waals surface area contributed by atoms with Crippen LogP contribution < -0.4 is 4.74 Å². The summed E-state index contributed by atoms with van der Waals surface area (Å²) in [4.78, 5) is 20.2. The molecule has 2 aromatic carbocycles. The molecule has 4 rings (SSSR count). The number of aryl methyl sites for hydroxylation is 1. The predicted octanol–water partition coefficient (Wildman–Crippen LogP) is 4.90. The number of fused-ring (bicyclic) bond motifs is 3. The number of carbonyl (C=O) groups is 1. The molecule has 0 fully saturated rings. The molecule has 0 spiro atoms. The Labute approximate surface area is 145 Å². The molecule has 0 aliphatic rings. The molecule has 4 aromatic rings. The van der Waals surface area contributed by atoms with Crippen LogP contribution in [0.3, 0.4) is 0 Å². The number of hydrogen-bond acceptors (Lipinski definition) is 3. The lowest BCUT2D eigenvalue weighted by Gasteiger charge is -2.14. The Balaban J connectivity index is 2.21. The van der Waals surface area contributed by atoms with Crippen molar-refractivity contribution < 1.29 is 9.53 Å². The van der Waals surface area contributed by atoms with Gasteiger partial charge in [0.05, 0.1) is 29.4 Å². The minimum atomic E-state index is -0.0307. The Morgan fingerprint density at radius 3 is 2.52 bits per heavy atom. The van der Waals surface area contributed by atoms with E-state index >= 15 is 0 Å². The van der Waals surface area contributed by atoms with Crippen LogP contribution in [0.5, 0.6) is 5.75 Å². The molecule has 0 bridgehead atoms. The van der Waals surface area contributed by atoms with Crippen LogP contribution in [0.4, 0.5) is 0 Å². The lowest BCUT2D eigenvalue weighted by Crippen LogP contribution is -2.01. The highest BCUT2D eigenvalue weighted by Gasteiger charge is 2.21. The number of benzene rings is 2. The van der Waals surface area contributed by atoms with E-state index in [1.807, 2.05) is 43.3 Å². The van der Waals surface area contributed by atoms with E-state index in [0.29, 0.717) is 11.3 Å². The van der Waals surface area contributed by atoms with Gasteiger partial charge in [-0.2, -0.15) is 0 Å². The molecule has 0 aliphatic heterocycles. The van der Waals surface area contributed by atoms with Gasteiger partial charge in [0.25, 0.3) is 0 Å². The molecule has 25 heavy (non-hydrogen) atoms. The number of carbonyl (C=O) groups excluding carboxylic acids is 1. The van der Waals surface area contributed by atoms with Crippen LogP contribution in [0.1, 0.15) is 23.0 Å². The quantitative estimate of drug-likeness (QED) is 0.543. The van der Waals surface area contributed by atoms with E-state index in [4.69, 9.17) is 4.74 Å². The molecular weight excluding hydrogens is 312 g/mol. The molecule has 0 radical (unpaired) electrons. The van der Waals surface area contributed by atoms with Crippen molar-refractivity contribution in [1.29, 1.82) is 0 Å². The lowest BCUT2D eigenvalue weighted by atomic mass is 9.96. The van der Waals surface area contributed by atoms with Gasteiger partial charge in [-0.05, 0) is 31.5 Å². The van der Waals surface area contributed by atoms with Gasteiger partial charge < -0.3 is 9.72 Å². The summed E-state index contributed by atoms with van der Waals surface area (Å²) in [5.74, 6) is 0.570. The van der Waals surface area contributed by atoms with E-state index in [0.717, 1.165) is 38.6 Å². The summed E-state index contributed by atoms with van der Waals surface area (Å²) in [6.45, 7) is 3.53. The topological polar surface area (TPSA) is 55.0 Å². The molecule has 0 aliphatic carbocycles. The molecule has 4 heteroatoms. The fourth-order valence-corrected chi connectivity index (χ4v) is 3.46. The van der Waals surface area contributed by atoms with Crippen LogP contribution in [0.25, 0.3) is 32.9 Å². The molecule has 0 saturated heterocycles. The SMILES string of the molecule is COc1c(-c2ccccc2)cc2c([nH]c3c(C)nccc32)c1C(C)=O. The maximum absolute atomic E-state index is 12.5. The predicted molar refractivity (Wildman–Crippen MR) is 100 cm³/mol. The zero-order valence-corrected chi connectivity index (χ0v) is 14.4. The first-order valence-electron chi connectivity index (χ1n) is 8.16. The van der Waals surface area contributed by atoms with Gasteiger partial charge in [-0.1, -0.05) is 30.3 Å². The third kappa shape index (κ3) is 2.30. The number of aromatic nitrogens is 2.